The number of piperidine rings is 1. The van der Waals surface area contributed by atoms with Crippen LogP contribution < -0.4 is 9.47 Å². The van der Waals surface area contributed by atoms with Crippen molar-refractivity contribution in [1.82, 2.24) is 14.9 Å². The minimum atomic E-state index is -0.554. The zero-order valence-corrected chi connectivity index (χ0v) is 19.9. The number of thiazole rings is 1. The fraction of sp³-hybridized carbons (Fsp3) is 0.280. The molecule has 10 heteroatoms. The van der Waals surface area contributed by atoms with Crippen LogP contribution in [0.2, 0.25) is 0 Å². The molecule has 3 heterocycles. The number of aromatic amines is 1. The summed E-state index contributed by atoms with van der Waals surface area (Å²) >= 11 is 1.43. The van der Waals surface area contributed by atoms with Gasteiger partial charge in [-0.1, -0.05) is 18.2 Å². The van der Waals surface area contributed by atoms with E-state index in [9.17, 15) is 14.9 Å². The van der Waals surface area contributed by atoms with Crippen molar-refractivity contribution >= 4 is 33.8 Å². The molecule has 0 spiro atoms. The second-order valence-electron chi connectivity index (χ2n) is 8.40. The van der Waals surface area contributed by atoms with Crippen molar-refractivity contribution in [3.05, 3.63) is 80.4 Å². The highest BCUT2D eigenvalue weighted by molar-refractivity contribution is 7.07. The summed E-state index contributed by atoms with van der Waals surface area (Å²) in [5.41, 5.74) is 4.43. The Hall–Kier alpha value is -3.92. The Balaban J connectivity index is 1.34. The molecule has 35 heavy (non-hydrogen) atoms. The smallest absolute Gasteiger partial charge is 0.286 e. The van der Waals surface area contributed by atoms with E-state index in [0.29, 0.717) is 24.7 Å². The van der Waals surface area contributed by atoms with Crippen molar-refractivity contribution in [3.8, 4) is 11.5 Å². The van der Waals surface area contributed by atoms with Crippen LogP contribution in [0.3, 0.4) is 0 Å². The van der Waals surface area contributed by atoms with E-state index in [1.54, 1.807) is 10.4 Å². The third-order valence-electron chi connectivity index (χ3n) is 6.41. The number of nitrogens with one attached hydrogen (secondary N) is 1. The van der Waals surface area contributed by atoms with E-state index in [1.165, 1.54) is 41.5 Å². The zero-order chi connectivity index (χ0) is 24.4. The maximum absolute atomic E-state index is 13.4. The lowest BCUT2D eigenvalue weighted by atomic mass is 9.89. The topological polar surface area (TPSA) is 111 Å². The van der Waals surface area contributed by atoms with Crippen LogP contribution in [-0.2, 0) is 6.61 Å². The molecule has 2 aromatic heterocycles. The van der Waals surface area contributed by atoms with Gasteiger partial charge in [0.1, 0.15) is 12.2 Å². The summed E-state index contributed by atoms with van der Waals surface area (Å²) in [6.45, 7) is 1.18. The SMILES string of the molecule is COc1cc(C(=O)N2CCC(c3c[nH]c4ccccc34)CC2)c([N+](=O)[O-])cc1OCc1cscn1. The normalized spacial score (nSPS) is 14.3. The highest BCUT2D eigenvalue weighted by Gasteiger charge is 2.31. The number of nitro groups is 1. The molecular weight excluding hydrogens is 468 g/mol. The quantitative estimate of drug-likeness (QED) is 0.282. The van der Waals surface area contributed by atoms with Crippen LogP contribution in [0.25, 0.3) is 10.9 Å². The Kier molecular flexibility index (Phi) is 6.37. The molecule has 0 unspecified atom stereocenters. The summed E-state index contributed by atoms with van der Waals surface area (Å²) in [6, 6.07) is 10.8. The molecular formula is C25H24N4O5S. The number of carbonyl (C=O) groups excluding carboxylic acids is 1. The van der Waals surface area contributed by atoms with E-state index in [2.05, 4.69) is 16.0 Å². The molecule has 4 aromatic rings. The molecule has 9 nitrogen and oxygen atoms in total. The molecule has 0 saturated carbocycles. The van der Waals surface area contributed by atoms with Crippen LogP contribution in [0.4, 0.5) is 5.69 Å². The number of amides is 1. The predicted octanol–water partition coefficient (Wildman–Crippen LogP) is 5.14. The highest BCUT2D eigenvalue weighted by atomic mass is 32.1. The van der Waals surface area contributed by atoms with Gasteiger partial charge >= 0.3 is 0 Å². The number of ether oxygens (including phenoxy) is 2. The largest absolute Gasteiger partial charge is 0.493 e. The van der Waals surface area contributed by atoms with Gasteiger partial charge in [-0.25, -0.2) is 4.98 Å². The first-order valence-electron chi connectivity index (χ1n) is 11.3. The number of fused-ring (bicyclic) bond motifs is 1. The van der Waals surface area contributed by atoms with E-state index in [0.717, 1.165) is 18.4 Å². The number of likely N-dealkylation sites (tertiary alicyclic amines) is 1. The summed E-state index contributed by atoms with van der Waals surface area (Å²) in [5, 5.41) is 14.9. The number of rotatable bonds is 7. The van der Waals surface area contributed by atoms with Crippen LogP contribution in [0.15, 0.2) is 53.5 Å². The Bertz CT molecular complexity index is 1360. The molecule has 1 fully saturated rings. The van der Waals surface area contributed by atoms with Crippen LogP contribution in [0, 0.1) is 10.1 Å². The maximum Gasteiger partial charge on any atom is 0.286 e. The third-order valence-corrected chi connectivity index (χ3v) is 7.05. The van der Waals surface area contributed by atoms with Gasteiger partial charge < -0.3 is 19.4 Å². The molecule has 1 saturated heterocycles. The average molecular weight is 493 g/mol. The van der Waals surface area contributed by atoms with Gasteiger partial charge in [-0.3, -0.25) is 14.9 Å². The van der Waals surface area contributed by atoms with Crippen LogP contribution in [0.5, 0.6) is 11.5 Å². The first kappa shape index (κ1) is 22.9. The zero-order valence-electron chi connectivity index (χ0n) is 19.1. The Labute approximate surface area is 205 Å². The molecule has 0 aliphatic carbocycles. The highest BCUT2D eigenvalue weighted by Crippen LogP contribution is 2.38. The lowest BCUT2D eigenvalue weighted by Crippen LogP contribution is -2.38. The Morgan fingerprint density at radius 2 is 2.06 bits per heavy atom. The predicted molar refractivity (Wildman–Crippen MR) is 132 cm³/mol. The van der Waals surface area contributed by atoms with Gasteiger partial charge in [-0.15, -0.1) is 11.3 Å². The number of H-pyrrole nitrogens is 1. The van der Waals surface area contributed by atoms with Gasteiger partial charge in [0, 0.05) is 41.6 Å². The average Bonchev–Trinajstić information content (AvgIpc) is 3.57. The van der Waals surface area contributed by atoms with Crippen molar-refractivity contribution < 1.29 is 19.2 Å². The Morgan fingerprint density at radius 3 is 2.77 bits per heavy atom. The molecule has 1 amide bonds. The number of carbonyl (C=O) groups is 1. The Morgan fingerprint density at radius 1 is 1.26 bits per heavy atom. The second-order valence-corrected chi connectivity index (χ2v) is 9.12. The van der Waals surface area contributed by atoms with Crippen molar-refractivity contribution in [3.63, 3.8) is 0 Å². The van der Waals surface area contributed by atoms with Gasteiger partial charge in [0.05, 0.1) is 29.3 Å². The van der Waals surface area contributed by atoms with E-state index in [4.69, 9.17) is 9.47 Å². The van der Waals surface area contributed by atoms with Crippen molar-refractivity contribution in [2.24, 2.45) is 0 Å². The van der Waals surface area contributed by atoms with Crippen LogP contribution in [0.1, 0.15) is 40.4 Å². The molecule has 0 radical (unpaired) electrons. The number of methoxy groups -OCH3 is 1. The van der Waals surface area contributed by atoms with Crippen molar-refractivity contribution in [1.29, 1.82) is 0 Å². The van der Waals surface area contributed by atoms with Crippen LogP contribution >= 0.6 is 11.3 Å². The molecule has 2 aromatic carbocycles. The number of nitro benzene ring substituents is 1. The van der Waals surface area contributed by atoms with E-state index < -0.39 is 4.92 Å². The fourth-order valence-corrected chi connectivity index (χ4v) is 5.14. The van der Waals surface area contributed by atoms with E-state index in [1.807, 2.05) is 29.8 Å². The van der Waals surface area contributed by atoms with E-state index >= 15 is 0 Å². The second kappa shape index (κ2) is 9.75. The standard InChI is InChI=1S/C25H24N4O5S/c1-33-23-10-19(22(29(31)32)11-24(23)34-13-17-14-35-15-27-17)25(30)28-8-6-16(7-9-28)20-12-26-21-5-3-2-4-18(20)21/h2-5,10-12,14-16,26H,6-9,13H2,1H3. The van der Waals surface area contributed by atoms with Gasteiger partial charge in [-0.2, -0.15) is 0 Å². The molecule has 1 aliphatic heterocycles. The van der Waals surface area contributed by atoms with Gasteiger partial charge in [0.2, 0.25) is 0 Å². The number of para-hydroxylation sites is 1. The number of hydrogen-bond acceptors (Lipinski definition) is 7. The maximum atomic E-state index is 13.4. The minimum Gasteiger partial charge on any atom is -0.493 e. The fourth-order valence-electron chi connectivity index (χ4n) is 4.60. The third kappa shape index (κ3) is 4.57. The molecule has 1 aliphatic rings. The number of benzene rings is 2. The summed E-state index contributed by atoms with van der Waals surface area (Å²) in [6.07, 6.45) is 3.62. The molecule has 0 bridgehead atoms. The molecule has 1 N–H and O–H groups in total. The first-order valence-corrected chi connectivity index (χ1v) is 12.2. The molecule has 180 valence electrons. The van der Waals surface area contributed by atoms with Crippen molar-refractivity contribution in [2.45, 2.75) is 25.4 Å². The molecule has 0 atom stereocenters. The molecule has 5 rings (SSSR count). The number of nitrogens with zero attached hydrogens (tertiary/aromatic N) is 3. The van der Waals surface area contributed by atoms with Gasteiger partial charge in [0.25, 0.3) is 11.6 Å². The van der Waals surface area contributed by atoms with Gasteiger partial charge in [0.15, 0.2) is 11.5 Å². The lowest BCUT2D eigenvalue weighted by Gasteiger charge is -2.32. The van der Waals surface area contributed by atoms with Crippen molar-refractivity contribution in [2.75, 3.05) is 20.2 Å². The summed E-state index contributed by atoms with van der Waals surface area (Å²) in [7, 11) is 1.44. The van der Waals surface area contributed by atoms with E-state index in [-0.39, 0.29) is 35.3 Å². The number of hydrogen-bond donors (Lipinski definition) is 1. The van der Waals surface area contributed by atoms with Gasteiger partial charge in [-0.05, 0) is 30.4 Å². The lowest BCUT2D eigenvalue weighted by molar-refractivity contribution is -0.385. The summed E-state index contributed by atoms with van der Waals surface area (Å²) < 4.78 is 11.1. The first-order chi connectivity index (χ1) is 17.0. The van der Waals surface area contributed by atoms with Crippen LogP contribution in [-0.4, -0.2) is 45.9 Å². The summed E-state index contributed by atoms with van der Waals surface area (Å²) in [4.78, 5) is 33.8. The number of aromatic nitrogens is 2. The minimum absolute atomic E-state index is 0.00148. The monoisotopic (exact) mass is 492 g/mol. The summed E-state index contributed by atoms with van der Waals surface area (Å²) in [5.74, 6) is 0.407.